The summed E-state index contributed by atoms with van der Waals surface area (Å²) in [5, 5.41) is 0.568. The van der Waals surface area contributed by atoms with Crippen molar-refractivity contribution in [2.75, 3.05) is 18.6 Å². The van der Waals surface area contributed by atoms with Crippen LogP contribution in [0, 0.1) is 0 Å². The van der Waals surface area contributed by atoms with Crippen LogP contribution in [-0.4, -0.2) is 39.0 Å². The Morgan fingerprint density at radius 3 is 2.50 bits per heavy atom. The Morgan fingerprint density at radius 2 is 1.95 bits per heavy atom. The number of rotatable bonds is 7. The van der Waals surface area contributed by atoms with Crippen molar-refractivity contribution in [2.24, 2.45) is 0 Å². The summed E-state index contributed by atoms with van der Waals surface area (Å²) in [5.41, 5.74) is 2.13. The van der Waals surface area contributed by atoms with Crippen molar-refractivity contribution in [1.29, 1.82) is 0 Å². The first kappa shape index (κ1) is 16.7. The van der Waals surface area contributed by atoms with Gasteiger partial charge in [0, 0.05) is 11.3 Å². The third kappa shape index (κ3) is 6.74. The Hall–Kier alpha value is -1.31. The van der Waals surface area contributed by atoms with E-state index in [9.17, 15) is 13.2 Å². The summed E-state index contributed by atoms with van der Waals surface area (Å²) in [6.45, 7) is 1.43. The molecular formula is C12H16ClNO5S. The number of benzene rings is 1. The van der Waals surface area contributed by atoms with Crippen LogP contribution in [0.15, 0.2) is 24.3 Å². The van der Waals surface area contributed by atoms with E-state index in [0.29, 0.717) is 10.8 Å². The van der Waals surface area contributed by atoms with Gasteiger partial charge in [0.15, 0.2) is 6.10 Å². The van der Waals surface area contributed by atoms with Gasteiger partial charge in [-0.15, -0.1) is 0 Å². The molecule has 1 amide bonds. The summed E-state index contributed by atoms with van der Waals surface area (Å²) in [5.74, 6) is -0.179. The molecule has 112 valence electrons. The number of carbonyl (C=O) groups is 1. The second-order valence-corrected chi connectivity index (χ2v) is 6.85. The largest absolute Gasteiger partial charge is 0.481 e. The lowest BCUT2D eigenvalue weighted by Crippen LogP contribution is -2.37. The maximum Gasteiger partial charge on any atom is 0.284 e. The van der Waals surface area contributed by atoms with Gasteiger partial charge in [-0.05, 0) is 31.2 Å². The molecule has 1 atom stereocenters. The molecule has 0 saturated heterocycles. The number of nitrogens with one attached hydrogen (secondary N) is 1. The first-order valence-electron chi connectivity index (χ1n) is 5.79. The molecule has 0 heterocycles. The van der Waals surface area contributed by atoms with Gasteiger partial charge in [0.1, 0.15) is 15.6 Å². The molecule has 20 heavy (non-hydrogen) atoms. The van der Waals surface area contributed by atoms with Crippen LogP contribution in [0.2, 0.25) is 5.02 Å². The van der Waals surface area contributed by atoms with E-state index in [1.165, 1.54) is 0 Å². The monoisotopic (exact) mass is 321 g/mol. The molecule has 1 rings (SSSR count). The topological polar surface area (TPSA) is 81.7 Å². The number of hydrogen-bond acceptors (Lipinski definition) is 5. The highest BCUT2D eigenvalue weighted by Gasteiger charge is 2.15. The van der Waals surface area contributed by atoms with Crippen molar-refractivity contribution in [3.05, 3.63) is 29.3 Å². The first-order chi connectivity index (χ1) is 9.28. The highest BCUT2D eigenvalue weighted by Crippen LogP contribution is 2.16. The predicted molar refractivity (Wildman–Crippen MR) is 75.3 cm³/mol. The number of amides is 1. The molecule has 0 aliphatic rings. The number of sulfone groups is 1. The zero-order valence-electron chi connectivity index (χ0n) is 11.1. The smallest absolute Gasteiger partial charge is 0.284 e. The SMILES string of the molecule is C[C@H](Oc1ccc(Cl)cc1)C(=O)NOCCS(C)(=O)=O. The molecule has 0 spiro atoms. The van der Waals surface area contributed by atoms with Crippen molar-refractivity contribution in [3.8, 4) is 5.75 Å². The zero-order chi connectivity index (χ0) is 15.2. The van der Waals surface area contributed by atoms with Gasteiger partial charge in [-0.2, -0.15) is 0 Å². The average molecular weight is 322 g/mol. The summed E-state index contributed by atoms with van der Waals surface area (Å²) in [7, 11) is -3.11. The molecule has 0 aliphatic carbocycles. The minimum absolute atomic E-state index is 0.113. The normalized spacial score (nSPS) is 12.8. The van der Waals surface area contributed by atoms with Crippen LogP contribution in [0.25, 0.3) is 0 Å². The molecule has 1 aromatic rings. The van der Waals surface area contributed by atoms with Gasteiger partial charge >= 0.3 is 0 Å². The first-order valence-corrected chi connectivity index (χ1v) is 8.23. The average Bonchev–Trinajstić information content (AvgIpc) is 2.36. The molecule has 1 aromatic carbocycles. The third-order valence-electron chi connectivity index (χ3n) is 2.22. The van der Waals surface area contributed by atoms with Crippen molar-refractivity contribution in [2.45, 2.75) is 13.0 Å². The van der Waals surface area contributed by atoms with Crippen LogP contribution in [0.4, 0.5) is 0 Å². The van der Waals surface area contributed by atoms with Crippen LogP contribution in [0.5, 0.6) is 5.75 Å². The van der Waals surface area contributed by atoms with Crippen LogP contribution < -0.4 is 10.2 Å². The number of halogens is 1. The van der Waals surface area contributed by atoms with Gasteiger partial charge in [-0.25, -0.2) is 13.9 Å². The van der Waals surface area contributed by atoms with E-state index in [1.54, 1.807) is 31.2 Å². The van der Waals surface area contributed by atoms with Crippen molar-refractivity contribution in [3.63, 3.8) is 0 Å². The van der Waals surface area contributed by atoms with Crippen LogP contribution >= 0.6 is 11.6 Å². The number of hydroxylamine groups is 1. The summed E-state index contributed by atoms with van der Waals surface area (Å²) < 4.78 is 27.1. The second kappa shape index (κ2) is 7.47. The molecule has 0 radical (unpaired) electrons. The molecule has 1 N–H and O–H groups in total. The maximum absolute atomic E-state index is 11.6. The quantitative estimate of drug-likeness (QED) is 0.603. The van der Waals surface area contributed by atoms with E-state index in [4.69, 9.17) is 21.2 Å². The molecule has 8 heteroatoms. The van der Waals surface area contributed by atoms with Gasteiger partial charge in [-0.3, -0.25) is 9.63 Å². The van der Waals surface area contributed by atoms with E-state index in [-0.39, 0.29) is 12.4 Å². The number of hydrogen-bond donors (Lipinski definition) is 1. The highest BCUT2D eigenvalue weighted by molar-refractivity contribution is 7.90. The van der Waals surface area contributed by atoms with Crippen LogP contribution in [-0.2, 0) is 19.5 Å². The van der Waals surface area contributed by atoms with E-state index in [0.717, 1.165) is 6.26 Å². The van der Waals surface area contributed by atoms with Crippen LogP contribution in [0.3, 0.4) is 0 Å². The molecule has 0 unspecified atom stereocenters. The van der Waals surface area contributed by atoms with Crippen molar-refractivity contribution >= 4 is 27.3 Å². The third-order valence-corrected chi connectivity index (χ3v) is 3.38. The van der Waals surface area contributed by atoms with Gasteiger partial charge in [-0.1, -0.05) is 11.6 Å². The molecular weight excluding hydrogens is 306 g/mol. The standard InChI is InChI=1S/C12H16ClNO5S/c1-9(19-11-5-3-10(13)4-6-11)12(15)14-18-7-8-20(2,16)17/h3-6,9H,7-8H2,1-2H3,(H,14,15)/t9-/m0/s1. The second-order valence-electron chi connectivity index (χ2n) is 4.16. The Kier molecular flexibility index (Phi) is 6.25. The van der Waals surface area contributed by atoms with E-state index >= 15 is 0 Å². The molecule has 0 bridgehead atoms. The molecule has 0 saturated carbocycles. The molecule has 0 fully saturated rings. The van der Waals surface area contributed by atoms with Gasteiger partial charge < -0.3 is 4.74 Å². The predicted octanol–water partition coefficient (Wildman–Crippen LogP) is 1.20. The minimum atomic E-state index is -3.11. The van der Waals surface area contributed by atoms with Gasteiger partial charge in [0.25, 0.3) is 5.91 Å². The fourth-order valence-electron chi connectivity index (χ4n) is 1.17. The lowest BCUT2D eigenvalue weighted by molar-refractivity contribution is -0.139. The summed E-state index contributed by atoms with van der Waals surface area (Å²) >= 11 is 5.73. The van der Waals surface area contributed by atoms with E-state index in [2.05, 4.69) is 5.48 Å². The number of ether oxygens (including phenoxy) is 1. The van der Waals surface area contributed by atoms with Gasteiger partial charge in [0.05, 0.1) is 12.4 Å². The van der Waals surface area contributed by atoms with Gasteiger partial charge in [0.2, 0.25) is 0 Å². The van der Waals surface area contributed by atoms with E-state index in [1.807, 2.05) is 0 Å². The fraction of sp³-hybridized carbons (Fsp3) is 0.417. The Bertz CT molecular complexity index is 543. The Morgan fingerprint density at radius 1 is 1.35 bits per heavy atom. The lowest BCUT2D eigenvalue weighted by Gasteiger charge is -2.14. The summed E-state index contributed by atoms with van der Waals surface area (Å²) in [6, 6.07) is 6.56. The molecule has 0 aliphatic heterocycles. The lowest BCUT2D eigenvalue weighted by atomic mass is 10.3. The number of carbonyl (C=O) groups excluding carboxylic acids is 1. The van der Waals surface area contributed by atoms with E-state index < -0.39 is 21.8 Å². The fourth-order valence-corrected chi connectivity index (χ4v) is 1.68. The minimum Gasteiger partial charge on any atom is -0.481 e. The highest BCUT2D eigenvalue weighted by atomic mass is 35.5. The Labute approximate surface area is 122 Å². The van der Waals surface area contributed by atoms with Crippen molar-refractivity contribution < 1.29 is 22.8 Å². The summed E-state index contributed by atoms with van der Waals surface area (Å²) in [4.78, 5) is 16.4. The van der Waals surface area contributed by atoms with Crippen molar-refractivity contribution in [1.82, 2.24) is 5.48 Å². The van der Waals surface area contributed by atoms with Crippen LogP contribution in [0.1, 0.15) is 6.92 Å². The Balaban J connectivity index is 2.34. The molecule has 6 nitrogen and oxygen atoms in total. The maximum atomic E-state index is 11.6. The zero-order valence-corrected chi connectivity index (χ0v) is 12.7. The molecule has 0 aromatic heterocycles. The summed E-state index contributed by atoms with van der Waals surface area (Å²) in [6.07, 6.45) is 0.305.